The number of hydrogen-bond donors (Lipinski definition) is 1. The number of nitriles is 1. The third-order valence-corrected chi connectivity index (χ3v) is 6.18. The molecular formula is C23H22ClN3O2. The summed E-state index contributed by atoms with van der Waals surface area (Å²) in [6.07, 6.45) is 0.947. The van der Waals surface area contributed by atoms with Crippen molar-refractivity contribution in [1.82, 2.24) is 4.98 Å². The van der Waals surface area contributed by atoms with Crippen LogP contribution in [0.15, 0.2) is 41.0 Å². The molecule has 0 bridgehead atoms. The van der Waals surface area contributed by atoms with Crippen molar-refractivity contribution in [2.45, 2.75) is 46.5 Å². The van der Waals surface area contributed by atoms with E-state index >= 15 is 0 Å². The largest absolute Gasteiger partial charge is 0.444 e. The van der Waals surface area contributed by atoms with E-state index in [1.807, 2.05) is 45.9 Å². The SMILES string of the molecule is Cc1ccc2cc([C@@H]3C(C#N)=C(N)OC4=C3C(=O)CC(C)(C)C4)c(Cl)nc2c1C. The highest BCUT2D eigenvalue weighted by atomic mass is 35.5. The fraction of sp³-hybridized carbons (Fsp3) is 0.348. The molecule has 0 spiro atoms. The van der Waals surface area contributed by atoms with Crippen LogP contribution in [0.2, 0.25) is 5.15 Å². The van der Waals surface area contributed by atoms with Crippen molar-refractivity contribution in [2.75, 3.05) is 0 Å². The summed E-state index contributed by atoms with van der Waals surface area (Å²) in [5, 5.41) is 11.0. The lowest BCUT2D eigenvalue weighted by Crippen LogP contribution is -2.33. The standard InChI is InChI=1S/C23H22ClN3O2/c1-11-5-6-13-7-14(21(24)27-20(13)12(11)2)18-15(10-25)22(26)29-17-9-23(3,4)8-16(28)19(17)18/h5-7,18H,8-9,26H2,1-4H3/t18-/m1/s1. The molecule has 2 aliphatic rings. The van der Waals surface area contributed by atoms with E-state index in [9.17, 15) is 10.1 Å². The molecule has 1 aromatic carbocycles. The van der Waals surface area contributed by atoms with E-state index in [1.165, 1.54) is 0 Å². The highest BCUT2D eigenvalue weighted by Crippen LogP contribution is 2.49. The number of pyridine rings is 1. The minimum atomic E-state index is -0.668. The molecule has 0 saturated carbocycles. The minimum absolute atomic E-state index is 0.0259. The van der Waals surface area contributed by atoms with E-state index < -0.39 is 5.92 Å². The van der Waals surface area contributed by atoms with E-state index in [-0.39, 0.29) is 27.8 Å². The van der Waals surface area contributed by atoms with Crippen molar-refractivity contribution in [3.05, 3.63) is 62.8 Å². The number of allylic oxidation sites excluding steroid dienone is 3. The smallest absolute Gasteiger partial charge is 0.205 e. The first-order chi connectivity index (χ1) is 13.6. The van der Waals surface area contributed by atoms with E-state index in [0.717, 1.165) is 22.0 Å². The molecule has 2 aromatic rings. The Morgan fingerprint density at radius 2 is 2.03 bits per heavy atom. The maximum absolute atomic E-state index is 13.1. The van der Waals surface area contributed by atoms with Gasteiger partial charge in [0.25, 0.3) is 0 Å². The first-order valence-corrected chi connectivity index (χ1v) is 9.91. The molecule has 29 heavy (non-hydrogen) atoms. The molecule has 5 nitrogen and oxygen atoms in total. The van der Waals surface area contributed by atoms with Gasteiger partial charge in [0.05, 0.1) is 11.4 Å². The summed E-state index contributed by atoms with van der Waals surface area (Å²) in [6, 6.07) is 8.04. The van der Waals surface area contributed by atoms with Gasteiger partial charge in [-0.3, -0.25) is 4.79 Å². The Hall–Kier alpha value is -2.84. The highest BCUT2D eigenvalue weighted by Gasteiger charge is 2.43. The third-order valence-electron chi connectivity index (χ3n) is 5.88. The molecule has 0 amide bonds. The Morgan fingerprint density at radius 3 is 2.72 bits per heavy atom. The molecule has 4 rings (SSSR count). The topological polar surface area (TPSA) is 89.0 Å². The molecule has 1 aromatic heterocycles. The number of carbonyl (C=O) groups excluding carboxylic acids is 1. The Labute approximate surface area is 174 Å². The average molecular weight is 408 g/mol. The molecule has 0 radical (unpaired) electrons. The maximum atomic E-state index is 13.1. The van der Waals surface area contributed by atoms with Crippen LogP contribution in [-0.4, -0.2) is 10.8 Å². The first kappa shape index (κ1) is 19.5. The molecule has 1 atom stereocenters. The van der Waals surface area contributed by atoms with Crippen molar-refractivity contribution in [2.24, 2.45) is 11.1 Å². The molecule has 0 saturated heterocycles. The fourth-order valence-corrected chi connectivity index (χ4v) is 4.52. The van der Waals surface area contributed by atoms with Gasteiger partial charge in [0.1, 0.15) is 22.6 Å². The van der Waals surface area contributed by atoms with Gasteiger partial charge in [-0.05, 0) is 36.5 Å². The second kappa shape index (κ2) is 6.60. The number of fused-ring (bicyclic) bond motifs is 1. The maximum Gasteiger partial charge on any atom is 0.205 e. The van der Waals surface area contributed by atoms with Crippen LogP contribution < -0.4 is 5.73 Å². The summed E-state index contributed by atoms with van der Waals surface area (Å²) in [4.78, 5) is 17.7. The fourth-order valence-electron chi connectivity index (χ4n) is 4.27. The minimum Gasteiger partial charge on any atom is -0.444 e. The normalized spacial score (nSPS) is 21.1. The van der Waals surface area contributed by atoms with Crippen LogP contribution in [0.25, 0.3) is 10.9 Å². The third kappa shape index (κ3) is 3.08. The average Bonchev–Trinajstić information content (AvgIpc) is 2.63. The lowest BCUT2D eigenvalue weighted by atomic mass is 9.70. The molecule has 148 valence electrons. The zero-order chi connectivity index (χ0) is 21.1. The number of carbonyl (C=O) groups is 1. The molecule has 6 heteroatoms. The summed E-state index contributed by atoms with van der Waals surface area (Å²) in [6.45, 7) is 8.06. The summed E-state index contributed by atoms with van der Waals surface area (Å²) < 4.78 is 5.74. The quantitative estimate of drug-likeness (QED) is 0.675. The number of hydrogen-bond acceptors (Lipinski definition) is 5. The van der Waals surface area contributed by atoms with Gasteiger partial charge in [-0.1, -0.05) is 37.6 Å². The number of aromatic nitrogens is 1. The van der Waals surface area contributed by atoms with Gasteiger partial charge in [0.2, 0.25) is 5.88 Å². The van der Waals surface area contributed by atoms with Crippen LogP contribution in [-0.2, 0) is 9.53 Å². The van der Waals surface area contributed by atoms with Gasteiger partial charge in [-0.25, -0.2) is 4.98 Å². The molecule has 1 aliphatic heterocycles. The lowest BCUT2D eigenvalue weighted by molar-refractivity contribution is -0.119. The number of ketones is 1. The van der Waals surface area contributed by atoms with Gasteiger partial charge in [-0.15, -0.1) is 0 Å². The molecular weight excluding hydrogens is 386 g/mol. The van der Waals surface area contributed by atoms with E-state index in [4.69, 9.17) is 22.1 Å². The van der Waals surface area contributed by atoms with Crippen molar-refractivity contribution < 1.29 is 9.53 Å². The van der Waals surface area contributed by atoms with Gasteiger partial charge in [0, 0.05) is 29.4 Å². The number of Topliss-reactive ketones (excluding diaryl/α,β-unsaturated/α-hetero) is 1. The predicted molar refractivity (Wildman–Crippen MR) is 112 cm³/mol. The predicted octanol–water partition coefficient (Wildman–Crippen LogP) is 4.96. The summed E-state index contributed by atoms with van der Waals surface area (Å²) >= 11 is 6.61. The number of rotatable bonds is 1. The lowest BCUT2D eigenvalue weighted by Gasteiger charge is -2.37. The Balaban J connectivity index is 1.98. The zero-order valence-electron chi connectivity index (χ0n) is 16.9. The van der Waals surface area contributed by atoms with E-state index in [1.54, 1.807) is 0 Å². The summed E-state index contributed by atoms with van der Waals surface area (Å²) in [7, 11) is 0. The van der Waals surface area contributed by atoms with Gasteiger partial charge >= 0.3 is 0 Å². The van der Waals surface area contributed by atoms with Crippen molar-refractivity contribution in [3.8, 4) is 6.07 Å². The molecule has 1 aliphatic carbocycles. The molecule has 2 N–H and O–H groups in total. The van der Waals surface area contributed by atoms with E-state index in [2.05, 4.69) is 11.1 Å². The van der Waals surface area contributed by atoms with Gasteiger partial charge in [0.15, 0.2) is 5.78 Å². The van der Waals surface area contributed by atoms with Crippen LogP contribution in [0.1, 0.15) is 49.3 Å². The number of benzene rings is 1. The zero-order valence-corrected chi connectivity index (χ0v) is 17.6. The number of aryl methyl sites for hydroxylation is 2. The van der Waals surface area contributed by atoms with Crippen molar-refractivity contribution in [1.29, 1.82) is 5.26 Å². The van der Waals surface area contributed by atoms with E-state index in [0.29, 0.717) is 29.7 Å². The summed E-state index contributed by atoms with van der Waals surface area (Å²) in [5.41, 5.74) is 10.1. The number of nitrogens with two attached hydrogens (primary N) is 1. The van der Waals surface area contributed by atoms with Gasteiger partial charge < -0.3 is 10.5 Å². The Kier molecular flexibility index (Phi) is 4.43. The van der Waals surface area contributed by atoms with Crippen LogP contribution >= 0.6 is 11.6 Å². The highest BCUT2D eigenvalue weighted by molar-refractivity contribution is 6.31. The number of halogens is 1. The van der Waals surface area contributed by atoms with Crippen molar-refractivity contribution >= 4 is 28.3 Å². The van der Waals surface area contributed by atoms with Crippen molar-refractivity contribution in [3.63, 3.8) is 0 Å². The molecule has 0 unspecified atom stereocenters. The second-order valence-corrected chi connectivity index (χ2v) is 9.01. The Morgan fingerprint density at radius 1 is 1.31 bits per heavy atom. The molecule has 2 heterocycles. The Bertz CT molecular complexity index is 1180. The van der Waals surface area contributed by atoms with Crippen LogP contribution in [0.4, 0.5) is 0 Å². The summed E-state index contributed by atoms with van der Waals surface area (Å²) in [5.74, 6) is -0.155. The van der Waals surface area contributed by atoms with Gasteiger partial charge in [-0.2, -0.15) is 5.26 Å². The van der Waals surface area contributed by atoms with Crippen LogP contribution in [0.3, 0.4) is 0 Å². The number of ether oxygens (including phenoxy) is 1. The monoisotopic (exact) mass is 407 g/mol. The van der Waals surface area contributed by atoms with Crippen LogP contribution in [0, 0.1) is 30.6 Å². The first-order valence-electron chi connectivity index (χ1n) is 9.53. The number of nitrogens with zero attached hydrogens (tertiary/aromatic N) is 2. The molecule has 0 fully saturated rings. The second-order valence-electron chi connectivity index (χ2n) is 8.65. The van der Waals surface area contributed by atoms with Crippen LogP contribution in [0.5, 0.6) is 0 Å².